The van der Waals surface area contributed by atoms with Crippen LogP contribution < -0.4 is 4.90 Å². The number of rotatable bonds is 5. The maximum absolute atomic E-state index is 12.0. The molecule has 0 radical (unpaired) electrons. The van der Waals surface area contributed by atoms with Gasteiger partial charge in [0, 0.05) is 42.2 Å². The van der Waals surface area contributed by atoms with Gasteiger partial charge in [-0.15, -0.1) is 0 Å². The highest BCUT2D eigenvalue weighted by Gasteiger charge is 2.09. The highest BCUT2D eigenvalue weighted by Crippen LogP contribution is 2.15. The lowest BCUT2D eigenvalue weighted by atomic mass is 10.2. The lowest BCUT2D eigenvalue weighted by Crippen LogP contribution is -2.08. The Morgan fingerprint density at radius 1 is 1.22 bits per heavy atom. The van der Waals surface area contributed by atoms with Crippen molar-refractivity contribution >= 4 is 27.5 Å². The zero-order valence-electron chi connectivity index (χ0n) is 10.4. The van der Waals surface area contributed by atoms with Gasteiger partial charge in [0.2, 0.25) is 5.13 Å². The van der Waals surface area contributed by atoms with Crippen molar-refractivity contribution in [2.75, 3.05) is 19.0 Å². The molecule has 0 unspecified atom stereocenters. The molecule has 6 heteroatoms. The van der Waals surface area contributed by atoms with Crippen LogP contribution in [0.4, 0.5) is 5.13 Å². The highest BCUT2D eigenvalue weighted by molar-refractivity contribution is 7.83. The number of aromatic nitrogens is 2. The van der Waals surface area contributed by atoms with E-state index in [9.17, 15) is 4.21 Å². The van der Waals surface area contributed by atoms with Gasteiger partial charge in [-0.3, -0.25) is 4.21 Å². The molecule has 1 heterocycles. The molecule has 0 fully saturated rings. The molecular weight excluding hydrogens is 266 g/mol. The Morgan fingerprint density at radius 3 is 2.56 bits per heavy atom. The summed E-state index contributed by atoms with van der Waals surface area (Å²) in [5, 5.41) is 0.849. The lowest BCUT2D eigenvalue weighted by Gasteiger charge is -2.04. The molecule has 0 aliphatic heterocycles. The molecule has 0 bridgehead atoms. The van der Waals surface area contributed by atoms with E-state index in [-0.39, 0.29) is 0 Å². The summed E-state index contributed by atoms with van der Waals surface area (Å²) >= 11 is 1.34. The summed E-state index contributed by atoms with van der Waals surface area (Å²) in [6.07, 6.45) is 0. The molecule has 0 spiro atoms. The molecule has 0 aliphatic carbocycles. The van der Waals surface area contributed by atoms with E-state index in [2.05, 4.69) is 9.36 Å². The first-order valence-corrected chi connectivity index (χ1v) is 7.80. The molecule has 2 aromatic rings. The van der Waals surface area contributed by atoms with Crippen LogP contribution in [-0.2, 0) is 22.3 Å². The fourth-order valence-electron chi connectivity index (χ4n) is 1.44. The molecule has 1 aromatic heterocycles. The largest absolute Gasteiger partial charge is 0.353 e. The van der Waals surface area contributed by atoms with E-state index in [0.29, 0.717) is 17.3 Å². The van der Waals surface area contributed by atoms with Crippen molar-refractivity contribution in [2.45, 2.75) is 11.5 Å². The minimum Gasteiger partial charge on any atom is -0.353 e. The zero-order chi connectivity index (χ0) is 13.0. The van der Waals surface area contributed by atoms with Gasteiger partial charge in [0.1, 0.15) is 0 Å². The number of hydrogen-bond acceptors (Lipinski definition) is 5. The van der Waals surface area contributed by atoms with Gasteiger partial charge in [0.15, 0.2) is 5.82 Å². The average molecular weight is 281 g/mol. The zero-order valence-corrected chi connectivity index (χ0v) is 12.0. The first-order chi connectivity index (χ1) is 8.65. The van der Waals surface area contributed by atoms with Crippen molar-refractivity contribution < 1.29 is 4.21 Å². The Balaban J connectivity index is 1.95. The summed E-state index contributed by atoms with van der Waals surface area (Å²) < 4.78 is 16.2. The average Bonchev–Trinajstić information content (AvgIpc) is 2.78. The molecule has 18 heavy (non-hydrogen) atoms. The van der Waals surface area contributed by atoms with E-state index in [0.717, 1.165) is 10.7 Å². The van der Waals surface area contributed by atoms with E-state index in [1.807, 2.05) is 49.3 Å². The predicted octanol–water partition coefficient (Wildman–Crippen LogP) is 2.05. The molecular formula is C12H15N3OS2. The highest BCUT2D eigenvalue weighted by atomic mass is 32.2. The van der Waals surface area contributed by atoms with Crippen LogP contribution in [0.3, 0.4) is 0 Å². The van der Waals surface area contributed by atoms with E-state index >= 15 is 0 Å². The van der Waals surface area contributed by atoms with Crippen LogP contribution >= 0.6 is 11.5 Å². The van der Waals surface area contributed by atoms with Gasteiger partial charge >= 0.3 is 0 Å². The van der Waals surface area contributed by atoms with Gasteiger partial charge in [0.25, 0.3) is 0 Å². The quantitative estimate of drug-likeness (QED) is 0.841. The second-order valence-corrected chi connectivity index (χ2v) is 6.29. The predicted molar refractivity (Wildman–Crippen MR) is 76.2 cm³/mol. The van der Waals surface area contributed by atoms with Crippen molar-refractivity contribution in [1.82, 2.24) is 9.36 Å². The van der Waals surface area contributed by atoms with Crippen LogP contribution in [-0.4, -0.2) is 27.7 Å². The molecule has 1 atom stereocenters. The third-order valence-corrected chi connectivity index (χ3v) is 4.46. The van der Waals surface area contributed by atoms with Crippen molar-refractivity contribution in [1.29, 1.82) is 0 Å². The van der Waals surface area contributed by atoms with Crippen molar-refractivity contribution in [3.8, 4) is 0 Å². The molecule has 0 N–H and O–H groups in total. The Hall–Kier alpha value is -1.27. The minimum absolute atomic E-state index is 0.416. The van der Waals surface area contributed by atoms with Gasteiger partial charge in [-0.2, -0.15) is 4.37 Å². The standard InChI is InChI=1S/C12H15N3OS2/c1-15(2)12-13-11(14-17-12)9-18(16)8-10-6-4-3-5-7-10/h3-7H,8-9H2,1-2H3/t18-/m0/s1. The van der Waals surface area contributed by atoms with Crippen LogP contribution in [0.25, 0.3) is 0 Å². The number of anilines is 1. The van der Waals surface area contributed by atoms with E-state index in [1.165, 1.54) is 11.5 Å². The molecule has 0 saturated heterocycles. The summed E-state index contributed by atoms with van der Waals surface area (Å²) in [5.74, 6) is 1.63. The molecule has 1 aromatic carbocycles. The first-order valence-electron chi connectivity index (χ1n) is 5.54. The van der Waals surface area contributed by atoms with Crippen LogP contribution in [0.2, 0.25) is 0 Å². The smallest absolute Gasteiger partial charge is 0.204 e. The van der Waals surface area contributed by atoms with Gasteiger partial charge < -0.3 is 4.90 Å². The molecule has 4 nitrogen and oxygen atoms in total. The Bertz CT molecular complexity index is 525. The lowest BCUT2D eigenvalue weighted by molar-refractivity contribution is 0.681. The van der Waals surface area contributed by atoms with Crippen molar-refractivity contribution in [2.24, 2.45) is 0 Å². The fraction of sp³-hybridized carbons (Fsp3) is 0.333. The summed E-state index contributed by atoms with van der Waals surface area (Å²) in [6.45, 7) is 0. The van der Waals surface area contributed by atoms with E-state index in [4.69, 9.17) is 0 Å². The summed E-state index contributed by atoms with van der Waals surface area (Å²) in [7, 11) is 2.88. The van der Waals surface area contributed by atoms with Crippen molar-refractivity contribution in [3.63, 3.8) is 0 Å². The third kappa shape index (κ3) is 3.61. The molecule has 0 amide bonds. The molecule has 0 saturated carbocycles. The summed E-state index contributed by atoms with van der Waals surface area (Å²) in [4.78, 5) is 6.24. The number of benzene rings is 1. The second kappa shape index (κ2) is 6.06. The molecule has 0 aliphatic rings. The van der Waals surface area contributed by atoms with Gasteiger partial charge in [0.05, 0.1) is 5.75 Å². The number of hydrogen-bond donors (Lipinski definition) is 0. The first kappa shape index (κ1) is 13.2. The minimum atomic E-state index is -0.959. The topological polar surface area (TPSA) is 46.1 Å². The van der Waals surface area contributed by atoms with Crippen LogP contribution in [0, 0.1) is 0 Å². The fourth-order valence-corrected chi connectivity index (χ4v) is 3.21. The van der Waals surface area contributed by atoms with Gasteiger partial charge in [-0.05, 0) is 5.56 Å². The monoisotopic (exact) mass is 281 g/mol. The van der Waals surface area contributed by atoms with E-state index < -0.39 is 10.8 Å². The maximum atomic E-state index is 12.0. The molecule has 2 rings (SSSR count). The van der Waals surface area contributed by atoms with Crippen LogP contribution in [0.1, 0.15) is 11.4 Å². The second-order valence-electron chi connectivity index (χ2n) is 4.10. The van der Waals surface area contributed by atoms with Crippen LogP contribution in [0.5, 0.6) is 0 Å². The Morgan fingerprint density at radius 2 is 1.94 bits per heavy atom. The normalized spacial score (nSPS) is 12.3. The Kier molecular flexibility index (Phi) is 4.43. The summed E-state index contributed by atoms with van der Waals surface area (Å²) in [6, 6.07) is 9.84. The number of nitrogens with zero attached hydrogens (tertiary/aromatic N) is 3. The third-order valence-electron chi connectivity index (χ3n) is 2.30. The van der Waals surface area contributed by atoms with Crippen molar-refractivity contribution in [3.05, 3.63) is 41.7 Å². The van der Waals surface area contributed by atoms with Gasteiger partial charge in [-0.25, -0.2) is 4.98 Å². The SMILES string of the molecule is CN(C)c1nc(C[S@@](=O)Cc2ccccc2)ns1. The van der Waals surface area contributed by atoms with Gasteiger partial charge in [-0.1, -0.05) is 30.3 Å². The maximum Gasteiger partial charge on any atom is 0.204 e. The summed E-state index contributed by atoms with van der Waals surface area (Å²) in [5.41, 5.74) is 1.08. The van der Waals surface area contributed by atoms with E-state index in [1.54, 1.807) is 0 Å². The Labute approximate surface area is 113 Å². The van der Waals surface area contributed by atoms with Crippen LogP contribution in [0.15, 0.2) is 30.3 Å². The molecule has 96 valence electrons.